The number of benzene rings is 1. The van der Waals surface area contributed by atoms with Gasteiger partial charge in [-0.25, -0.2) is 4.68 Å². The van der Waals surface area contributed by atoms with Gasteiger partial charge in [-0.1, -0.05) is 10.4 Å². The van der Waals surface area contributed by atoms with E-state index in [0.29, 0.717) is 11.7 Å². The monoisotopic (exact) mass is 340 g/mol. The molecule has 0 aliphatic carbocycles. The molecule has 0 aliphatic rings. The lowest BCUT2D eigenvalue weighted by Crippen LogP contribution is -2.18. The Hall–Kier alpha value is -2.58. The first-order valence-corrected chi connectivity index (χ1v) is 8.49. The molecule has 0 bridgehead atoms. The van der Waals surface area contributed by atoms with Crippen molar-refractivity contribution < 1.29 is 4.52 Å². The summed E-state index contributed by atoms with van der Waals surface area (Å²) in [5.74, 6) is 1.09. The quantitative estimate of drug-likeness (QED) is 0.556. The van der Waals surface area contributed by atoms with E-state index in [9.17, 15) is 0 Å². The van der Waals surface area contributed by atoms with Gasteiger partial charge < -0.3 is 9.42 Å². The van der Waals surface area contributed by atoms with Gasteiger partial charge in [0.05, 0.1) is 17.6 Å². The highest BCUT2D eigenvalue weighted by Gasteiger charge is 2.13. The fourth-order valence-electron chi connectivity index (χ4n) is 2.42. The van der Waals surface area contributed by atoms with Gasteiger partial charge in [-0.2, -0.15) is 16.3 Å². The first kappa shape index (κ1) is 15.0. The van der Waals surface area contributed by atoms with Gasteiger partial charge in [-0.05, 0) is 43.7 Å². The molecule has 0 aliphatic heterocycles. The Morgan fingerprint density at radius 1 is 1.21 bits per heavy atom. The van der Waals surface area contributed by atoms with Crippen molar-refractivity contribution in [1.29, 1.82) is 0 Å². The lowest BCUT2D eigenvalue weighted by molar-refractivity contribution is 0.374. The molecule has 1 aromatic carbocycles. The lowest BCUT2D eigenvalue weighted by atomic mass is 10.2. The molecule has 4 rings (SSSR count). The number of hydrogen-bond acceptors (Lipinski definition) is 7. The minimum atomic E-state index is 0.529. The van der Waals surface area contributed by atoms with E-state index in [2.05, 4.69) is 25.4 Å². The van der Waals surface area contributed by atoms with Crippen molar-refractivity contribution in [2.75, 3.05) is 20.6 Å². The topological polar surface area (TPSA) is 72.9 Å². The largest absolute Gasteiger partial charge is 0.334 e. The minimum absolute atomic E-state index is 0.529. The third-order valence-corrected chi connectivity index (χ3v) is 4.41. The second-order valence-electron chi connectivity index (χ2n) is 5.75. The van der Waals surface area contributed by atoms with Crippen LogP contribution < -0.4 is 0 Å². The summed E-state index contributed by atoms with van der Waals surface area (Å²) in [6.45, 7) is 1.71. The number of nitrogens with zero attached hydrogens (tertiary/aromatic N) is 6. The van der Waals surface area contributed by atoms with Crippen LogP contribution in [0, 0.1) is 0 Å². The molecular weight excluding hydrogens is 324 g/mol. The molecule has 8 heteroatoms. The molecule has 24 heavy (non-hydrogen) atoms. The Balaban J connectivity index is 1.64. The number of thiophene rings is 1. The van der Waals surface area contributed by atoms with Gasteiger partial charge in [0.1, 0.15) is 5.52 Å². The van der Waals surface area contributed by atoms with Crippen molar-refractivity contribution in [1.82, 2.24) is 30.0 Å². The molecule has 3 heterocycles. The zero-order chi connectivity index (χ0) is 16.5. The molecule has 0 unspecified atom stereocenters. The highest BCUT2D eigenvalue weighted by molar-refractivity contribution is 7.08. The standard InChI is InChI=1S/C16H16N6OS/c1-21(2)6-7-22-14-4-3-11(9-13(14)18-20-22)15-17-16(23-19-15)12-5-8-24-10-12/h3-5,8-10H,6-7H2,1-2H3. The van der Waals surface area contributed by atoms with Crippen LogP contribution in [0.25, 0.3) is 33.9 Å². The molecule has 3 aromatic heterocycles. The Morgan fingerprint density at radius 3 is 2.92 bits per heavy atom. The molecule has 0 radical (unpaired) electrons. The van der Waals surface area contributed by atoms with Crippen LogP contribution in [0.2, 0.25) is 0 Å². The van der Waals surface area contributed by atoms with E-state index in [0.717, 1.165) is 35.2 Å². The van der Waals surface area contributed by atoms with Crippen LogP contribution >= 0.6 is 11.3 Å². The van der Waals surface area contributed by atoms with E-state index >= 15 is 0 Å². The van der Waals surface area contributed by atoms with Crippen LogP contribution in [-0.2, 0) is 6.54 Å². The second-order valence-corrected chi connectivity index (χ2v) is 6.53. The summed E-state index contributed by atoms with van der Waals surface area (Å²) in [5, 5.41) is 16.5. The maximum atomic E-state index is 5.34. The normalized spacial score (nSPS) is 11.6. The number of hydrogen-bond donors (Lipinski definition) is 0. The van der Waals surface area contributed by atoms with Gasteiger partial charge >= 0.3 is 0 Å². The van der Waals surface area contributed by atoms with Gasteiger partial charge in [0, 0.05) is 17.5 Å². The van der Waals surface area contributed by atoms with Gasteiger partial charge in [-0.3, -0.25) is 0 Å². The molecular formula is C16H16N6OS. The third-order valence-electron chi connectivity index (χ3n) is 3.73. The summed E-state index contributed by atoms with van der Waals surface area (Å²) < 4.78 is 7.25. The van der Waals surface area contributed by atoms with Crippen molar-refractivity contribution in [3.05, 3.63) is 35.0 Å². The van der Waals surface area contributed by atoms with E-state index in [1.807, 2.05) is 53.8 Å². The fourth-order valence-corrected chi connectivity index (χ4v) is 3.05. The van der Waals surface area contributed by atoms with Crippen LogP contribution in [0.3, 0.4) is 0 Å². The number of rotatable bonds is 5. The maximum absolute atomic E-state index is 5.34. The summed E-state index contributed by atoms with van der Waals surface area (Å²) in [5.41, 5.74) is 3.64. The zero-order valence-electron chi connectivity index (χ0n) is 13.4. The molecule has 4 aromatic rings. The molecule has 122 valence electrons. The predicted octanol–water partition coefficient (Wildman–Crippen LogP) is 2.77. The second kappa shape index (κ2) is 6.14. The van der Waals surface area contributed by atoms with E-state index in [4.69, 9.17) is 4.52 Å². The van der Waals surface area contributed by atoms with Gasteiger partial charge in [0.15, 0.2) is 0 Å². The van der Waals surface area contributed by atoms with Crippen molar-refractivity contribution in [3.63, 3.8) is 0 Å². The first-order valence-electron chi connectivity index (χ1n) is 7.55. The number of aromatic nitrogens is 5. The Bertz CT molecular complexity index is 956. The molecule has 0 fully saturated rings. The summed E-state index contributed by atoms with van der Waals surface area (Å²) in [6.07, 6.45) is 0. The van der Waals surface area contributed by atoms with Crippen molar-refractivity contribution in [2.24, 2.45) is 0 Å². The van der Waals surface area contributed by atoms with E-state index < -0.39 is 0 Å². The van der Waals surface area contributed by atoms with Crippen molar-refractivity contribution in [3.8, 4) is 22.8 Å². The van der Waals surface area contributed by atoms with Crippen molar-refractivity contribution >= 4 is 22.4 Å². The van der Waals surface area contributed by atoms with E-state index in [1.165, 1.54) is 0 Å². The summed E-state index contributed by atoms with van der Waals surface area (Å²) in [4.78, 5) is 6.58. The van der Waals surface area contributed by atoms with Gasteiger partial charge in [0.25, 0.3) is 5.89 Å². The average molecular weight is 340 g/mol. The number of fused-ring (bicyclic) bond motifs is 1. The van der Waals surface area contributed by atoms with Crippen LogP contribution in [0.15, 0.2) is 39.5 Å². The molecule has 0 spiro atoms. The molecule has 0 amide bonds. The van der Waals surface area contributed by atoms with Gasteiger partial charge in [-0.15, -0.1) is 5.10 Å². The van der Waals surface area contributed by atoms with E-state index in [1.54, 1.807) is 11.3 Å². The fraction of sp³-hybridized carbons (Fsp3) is 0.250. The van der Waals surface area contributed by atoms with Crippen LogP contribution in [0.4, 0.5) is 0 Å². The van der Waals surface area contributed by atoms with Crippen LogP contribution in [0.1, 0.15) is 0 Å². The smallest absolute Gasteiger partial charge is 0.259 e. The van der Waals surface area contributed by atoms with Crippen molar-refractivity contribution in [2.45, 2.75) is 6.54 Å². The Morgan fingerprint density at radius 2 is 2.12 bits per heavy atom. The lowest BCUT2D eigenvalue weighted by Gasteiger charge is -2.09. The number of likely N-dealkylation sites (N-methyl/N-ethyl adjacent to an activating group) is 1. The molecule has 0 N–H and O–H groups in total. The highest BCUT2D eigenvalue weighted by Crippen LogP contribution is 2.25. The predicted molar refractivity (Wildman–Crippen MR) is 92.7 cm³/mol. The molecule has 7 nitrogen and oxygen atoms in total. The maximum Gasteiger partial charge on any atom is 0.259 e. The zero-order valence-corrected chi connectivity index (χ0v) is 14.2. The van der Waals surface area contributed by atoms with Crippen LogP contribution in [-0.4, -0.2) is 50.7 Å². The molecule has 0 saturated carbocycles. The SMILES string of the molecule is CN(C)CCn1nnc2cc(-c3noc(-c4ccsc4)n3)ccc21. The average Bonchev–Trinajstić information content (AvgIpc) is 3.31. The van der Waals surface area contributed by atoms with Crippen LogP contribution in [0.5, 0.6) is 0 Å². The highest BCUT2D eigenvalue weighted by atomic mass is 32.1. The summed E-state index contributed by atoms with van der Waals surface area (Å²) >= 11 is 1.60. The molecule has 0 atom stereocenters. The summed E-state index contributed by atoms with van der Waals surface area (Å²) in [6, 6.07) is 7.87. The van der Waals surface area contributed by atoms with E-state index in [-0.39, 0.29) is 0 Å². The molecule has 0 saturated heterocycles. The minimum Gasteiger partial charge on any atom is -0.334 e. The third kappa shape index (κ3) is 2.81. The Labute approximate surface area is 142 Å². The first-order chi connectivity index (χ1) is 11.7. The Kier molecular flexibility index (Phi) is 3.83. The van der Waals surface area contributed by atoms with Gasteiger partial charge in [0.2, 0.25) is 5.82 Å². The summed E-state index contributed by atoms with van der Waals surface area (Å²) in [7, 11) is 4.08.